The molecule has 3 rings (SSSR count). The molecule has 0 aliphatic heterocycles. The summed E-state index contributed by atoms with van der Waals surface area (Å²) in [5.41, 5.74) is 1.89. The van der Waals surface area contributed by atoms with Gasteiger partial charge in [0.15, 0.2) is 9.84 Å². The molecule has 1 atom stereocenters. The summed E-state index contributed by atoms with van der Waals surface area (Å²) in [5, 5.41) is 1.84. The Kier molecular flexibility index (Phi) is 5.66. The number of pyridine rings is 1. The van der Waals surface area contributed by atoms with Crippen molar-refractivity contribution < 1.29 is 13.2 Å². The van der Waals surface area contributed by atoms with Gasteiger partial charge in [0.1, 0.15) is 5.25 Å². The summed E-state index contributed by atoms with van der Waals surface area (Å²) in [5.74, 6) is -0.301. The molecular formula is C21H20N2O3S. The van der Waals surface area contributed by atoms with Crippen molar-refractivity contribution >= 4 is 15.7 Å². The topological polar surface area (TPSA) is 76.1 Å². The molecule has 0 radical (unpaired) electrons. The standard InChI is InChI=1S/C21H20N2O3S/c1-16-8-5-6-12-19(16)21(24)23-15-20(17-9-7-13-22-14-17)27(25,26)18-10-3-2-4-11-18/h2-14,20H,15H2,1H3,(H,23,24)/t20-/m0/s1. The van der Waals surface area contributed by atoms with Gasteiger partial charge < -0.3 is 5.32 Å². The van der Waals surface area contributed by atoms with Crippen LogP contribution in [0.15, 0.2) is 84.0 Å². The highest BCUT2D eigenvalue weighted by atomic mass is 32.2. The van der Waals surface area contributed by atoms with Crippen molar-refractivity contribution in [3.8, 4) is 0 Å². The Morgan fingerprint density at radius 1 is 1.00 bits per heavy atom. The summed E-state index contributed by atoms with van der Waals surface area (Å²) in [6, 6.07) is 18.8. The second-order valence-corrected chi connectivity index (χ2v) is 8.29. The zero-order valence-corrected chi connectivity index (χ0v) is 15.7. The van der Waals surface area contributed by atoms with E-state index in [2.05, 4.69) is 10.3 Å². The second kappa shape index (κ2) is 8.14. The number of hydrogen-bond donors (Lipinski definition) is 1. The molecule has 0 spiro atoms. The summed E-state index contributed by atoms with van der Waals surface area (Å²) in [4.78, 5) is 16.8. The Bertz CT molecular complexity index is 1020. The molecule has 1 heterocycles. The zero-order chi connectivity index (χ0) is 19.3. The molecule has 6 heteroatoms. The van der Waals surface area contributed by atoms with Crippen LogP contribution in [0.2, 0.25) is 0 Å². The molecule has 0 fully saturated rings. The Hall–Kier alpha value is -2.99. The Balaban J connectivity index is 1.90. The summed E-state index contributed by atoms with van der Waals surface area (Å²) in [7, 11) is -3.70. The Labute approximate surface area is 159 Å². The van der Waals surface area contributed by atoms with Gasteiger partial charge in [-0.1, -0.05) is 42.5 Å². The van der Waals surface area contributed by atoms with E-state index in [1.54, 1.807) is 60.8 Å². The monoisotopic (exact) mass is 380 g/mol. The first-order chi connectivity index (χ1) is 13.0. The predicted molar refractivity (Wildman–Crippen MR) is 104 cm³/mol. The minimum absolute atomic E-state index is 0.0455. The minimum Gasteiger partial charge on any atom is -0.350 e. The van der Waals surface area contributed by atoms with Crippen LogP contribution in [0.1, 0.15) is 26.7 Å². The first-order valence-corrected chi connectivity index (χ1v) is 10.1. The van der Waals surface area contributed by atoms with Crippen molar-refractivity contribution in [2.75, 3.05) is 6.54 Å². The highest BCUT2D eigenvalue weighted by Gasteiger charge is 2.29. The normalized spacial score (nSPS) is 12.3. The molecule has 0 bridgehead atoms. The maximum atomic E-state index is 13.2. The van der Waals surface area contributed by atoms with Gasteiger partial charge in [0, 0.05) is 24.5 Å². The third-order valence-electron chi connectivity index (χ3n) is 4.34. The number of aryl methyl sites for hydroxylation is 1. The highest BCUT2D eigenvalue weighted by Crippen LogP contribution is 2.28. The zero-order valence-electron chi connectivity index (χ0n) is 14.9. The van der Waals surface area contributed by atoms with Gasteiger partial charge in [-0.25, -0.2) is 8.42 Å². The van der Waals surface area contributed by atoms with Gasteiger partial charge in [0.2, 0.25) is 0 Å². The first kappa shape index (κ1) is 18.8. The fourth-order valence-electron chi connectivity index (χ4n) is 2.86. The van der Waals surface area contributed by atoms with Crippen LogP contribution in [0.25, 0.3) is 0 Å². The highest BCUT2D eigenvalue weighted by molar-refractivity contribution is 7.91. The maximum Gasteiger partial charge on any atom is 0.251 e. The van der Waals surface area contributed by atoms with E-state index < -0.39 is 15.1 Å². The summed E-state index contributed by atoms with van der Waals surface area (Å²) in [6.45, 7) is 1.80. The average Bonchev–Trinajstić information content (AvgIpc) is 2.69. The van der Waals surface area contributed by atoms with Crippen LogP contribution in [0.5, 0.6) is 0 Å². The molecule has 1 aromatic heterocycles. The Morgan fingerprint density at radius 2 is 1.70 bits per heavy atom. The van der Waals surface area contributed by atoms with Crippen molar-refractivity contribution in [2.24, 2.45) is 0 Å². The van der Waals surface area contributed by atoms with Gasteiger partial charge in [-0.15, -0.1) is 0 Å². The largest absolute Gasteiger partial charge is 0.350 e. The van der Waals surface area contributed by atoms with Gasteiger partial charge in [-0.3, -0.25) is 9.78 Å². The molecule has 2 aromatic carbocycles. The number of nitrogens with zero attached hydrogens (tertiary/aromatic N) is 1. The number of carbonyl (C=O) groups excluding carboxylic acids is 1. The molecule has 1 amide bonds. The summed E-state index contributed by atoms with van der Waals surface area (Å²) < 4.78 is 26.3. The van der Waals surface area contributed by atoms with Crippen LogP contribution in [-0.2, 0) is 9.84 Å². The molecule has 0 unspecified atom stereocenters. The van der Waals surface area contributed by atoms with Crippen molar-refractivity contribution in [1.29, 1.82) is 0 Å². The van der Waals surface area contributed by atoms with E-state index in [-0.39, 0.29) is 17.3 Å². The third kappa shape index (κ3) is 4.23. The van der Waals surface area contributed by atoms with Gasteiger partial charge in [-0.05, 0) is 42.3 Å². The van der Waals surface area contributed by atoms with Gasteiger partial charge in [0.25, 0.3) is 5.91 Å². The molecular weight excluding hydrogens is 360 g/mol. The number of nitrogens with one attached hydrogen (secondary N) is 1. The number of hydrogen-bond acceptors (Lipinski definition) is 4. The van der Waals surface area contributed by atoms with E-state index in [1.807, 2.05) is 19.1 Å². The first-order valence-electron chi connectivity index (χ1n) is 8.53. The molecule has 27 heavy (non-hydrogen) atoms. The van der Waals surface area contributed by atoms with Crippen molar-refractivity contribution in [2.45, 2.75) is 17.1 Å². The molecule has 0 aliphatic carbocycles. The summed E-state index contributed by atoms with van der Waals surface area (Å²) in [6.07, 6.45) is 3.10. The lowest BCUT2D eigenvalue weighted by Crippen LogP contribution is -2.32. The van der Waals surface area contributed by atoms with Crippen LogP contribution >= 0.6 is 0 Å². The summed E-state index contributed by atoms with van der Waals surface area (Å²) >= 11 is 0. The number of rotatable bonds is 6. The van der Waals surface area contributed by atoms with E-state index in [0.29, 0.717) is 11.1 Å². The van der Waals surface area contributed by atoms with Crippen molar-refractivity contribution in [3.05, 3.63) is 95.8 Å². The van der Waals surface area contributed by atoms with Crippen LogP contribution in [-0.4, -0.2) is 25.9 Å². The van der Waals surface area contributed by atoms with Crippen LogP contribution in [0, 0.1) is 6.92 Å². The molecule has 3 aromatic rings. The van der Waals surface area contributed by atoms with Crippen molar-refractivity contribution in [1.82, 2.24) is 10.3 Å². The van der Waals surface area contributed by atoms with Gasteiger partial charge in [0.05, 0.1) is 4.90 Å². The van der Waals surface area contributed by atoms with Crippen LogP contribution in [0.3, 0.4) is 0 Å². The number of sulfone groups is 1. The SMILES string of the molecule is Cc1ccccc1C(=O)NC[C@@H](c1cccnc1)S(=O)(=O)c1ccccc1. The number of carbonyl (C=O) groups is 1. The molecule has 138 valence electrons. The predicted octanol–water partition coefficient (Wildman–Crippen LogP) is 3.34. The number of amides is 1. The molecule has 0 aliphatic rings. The van der Waals surface area contributed by atoms with Gasteiger partial charge >= 0.3 is 0 Å². The van der Waals surface area contributed by atoms with E-state index in [4.69, 9.17) is 0 Å². The fraction of sp³-hybridized carbons (Fsp3) is 0.143. The average molecular weight is 380 g/mol. The lowest BCUT2D eigenvalue weighted by atomic mass is 10.1. The van der Waals surface area contributed by atoms with E-state index in [0.717, 1.165) is 5.56 Å². The molecule has 0 saturated carbocycles. The van der Waals surface area contributed by atoms with Crippen LogP contribution < -0.4 is 5.32 Å². The lowest BCUT2D eigenvalue weighted by molar-refractivity contribution is 0.0953. The molecule has 5 nitrogen and oxygen atoms in total. The smallest absolute Gasteiger partial charge is 0.251 e. The van der Waals surface area contributed by atoms with Crippen molar-refractivity contribution in [3.63, 3.8) is 0 Å². The third-order valence-corrected chi connectivity index (χ3v) is 6.46. The minimum atomic E-state index is -3.70. The van der Waals surface area contributed by atoms with E-state index in [1.165, 1.54) is 6.20 Å². The lowest BCUT2D eigenvalue weighted by Gasteiger charge is -2.19. The molecule has 1 N–H and O–H groups in total. The van der Waals surface area contributed by atoms with Crippen LogP contribution in [0.4, 0.5) is 0 Å². The number of aromatic nitrogens is 1. The second-order valence-electron chi connectivity index (χ2n) is 6.16. The molecule has 0 saturated heterocycles. The van der Waals surface area contributed by atoms with E-state index >= 15 is 0 Å². The maximum absolute atomic E-state index is 13.2. The van der Waals surface area contributed by atoms with E-state index in [9.17, 15) is 13.2 Å². The van der Waals surface area contributed by atoms with Gasteiger partial charge in [-0.2, -0.15) is 0 Å². The Morgan fingerprint density at radius 3 is 2.37 bits per heavy atom. The fourth-order valence-corrected chi connectivity index (χ4v) is 4.52. The number of benzene rings is 2. The quantitative estimate of drug-likeness (QED) is 0.712.